The van der Waals surface area contributed by atoms with E-state index in [-0.39, 0.29) is 10.9 Å². The number of rotatable bonds is 2. The van der Waals surface area contributed by atoms with Gasteiger partial charge in [0.2, 0.25) is 0 Å². The van der Waals surface area contributed by atoms with E-state index in [2.05, 4.69) is 5.32 Å². The van der Waals surface area contributed by atoms with Gasteiger partial charge in [-0.2, -0.15) is 0 Å². The number of carbonyl (C=O) groups is 1. The highest BCUT2D eigenvalue weighted by atomic mass is 35.5. The Labute approximate surface area is 125 Å². The third-order valence-corrected chi connectivity index (χ3v) is 3.27. The van der Waals surface area contributed by atoms with Gasteiger partial charge in [0, 0.05) is 11.3 Å². The van der Waals surface area contributed by atoms with Crippen LogP contribution in [0.5, 0.6) is 11.5 Å². The molecule has 1 N–H and O–H groups in total. The fraction of sp³-hybridized carbons (Fsp3) is 0.133. The Hall–Kier alpha value is -2.27. The third-order valence-electron chi connectivity index (χ3n) is 2.98. The Balaban J connectivity index is 1.80. The van der Waals surface area contributed by atoms with Gasteiger partial charge in [0.25, 0.3) is 5.91 Å². The predicted octanol–water partition coefficient (Wildman–Crippen LogP) is 3.50. The number of ether oxygens (including phenoxy) is 2. The molecule has 108 valence electrons. The lowest BCUT2D eigenvalue weighted by Crippen LogP contribution is -2.17. The summed E-state index contributed by atoms with van der Waals surface area (Å²) in [6.45, 7) is 0.943. The van der Waals surface area contributed by atoms with E-state index < -0.39 is 5.82 Å². The number of fused-ring (bicyclic) bond motifs is 1. The summed E-state index contributed by atoms with van der Waals surface area (Å²) >= 11 is 5.68. The van der Waals surface area contributed by atoms with Crippen molar-refractivity contribution in [2.45, 2.75) is 0 Å². The zero-order valence-corrected chi connectivity index (χ0v) is 11.6. The smallest absolute Gasteiger partial charge is 0.255 e. The molecule has 0 aliphatic carbocycles. The van der Waals surface area contributed by atoms with E-state index in [1.165, 1.54) is 18.2 Å². The van der Waals surface area contributed by atoms with Crippen LogP contribution in [0.3, 0.4) is 0 Å². The lowest BCUT2D eigenvalue weighted by atomic mass is 10.1. The highest BCUT2D eigenvalue weighted by molar-refractivity contribution is 6.31. The second kappa shape index (κ2) is 5.61. The quantitative estimate of drug-likeness (QED) is 0.923. The molecule has 1 aliphatic heterocycles. The summed E-state index contributed by atoms with van der Waals surface area (Å²) in [5, 5.41) is 2.60. The molecule has 0 aromatic heterocycles. The van der Waals surface area contributed by atoms with E-state index in [1.807, 2.05) is 0 Å². The molecule has 6 heteroatoms. The van der Waals surface area contributed by atoms with Crippen molar-refractivity contribution in [3.63, 3.8) is 0 Å². The molecule has 1 heterocycles. The van der Waals surface area contributed by atoms with Gasteiger partial charge < -0.3 is 14.8 Å². The molecule has 0 saturated carbocycles. The number of nitrogens with one attached hydrogen (secondary N) is 1. The SMILES string of the molecule is O=C(Nc1ccc(F)c(Cl)c1)c1ccc2c(c1)OCCO2. The second-order valence-electron chi connectivity index (χ2n) is 4.44. The van der Waals surface area contributed by atoms with Crippen LogP contribution in [0.15, 0.2) is 36.4 Å². The number of benzene rings is 2. The molecule has 21 heavy (non-hydrogen) atoms. The van der Waals surface area contributed by atoms with Crippen molar-refractivity contribution in [2.24, 2.45) is 0 Å². The van der Waals surface area contributed by atoms with Crippen molar-refractivity contribution in [1.82, 2.24) is 0 Å². The maximum absolute atomic E-state index is 13.1. The highest BCUT2D eigenvalue weighted by Gasteiger charge is 2.15. The van der Waals surface area contributed by atoms with Crippen molar-refractivity contribution in [1.29, 1.82) is 0 Å². The molecule has 0 unspecified atom stereocenters. The van der Waals surface area contributed by atoms with E-state index in [0.717, 1.165) is 0 Å². The first-order valence-electron chi connectivity index (χ1n) is 6.29. The topological polar surface area (TPSA) is 47.6 Å². The van der Waals surface area contributed by atoms with Gasteiger partial charge in [0.15, 0.2) is 11.5 Å². The summed E-state index contributed by atoms with van der Waals surface area (Å²) in [6, 6.07) is 8.91. The molecule has 1 amide bonds. The van der Waals surface area contributed by atoms with E-state index in [1.54, 1.807) is 18.2 Å². The van der Waals surface area contributed by atoms with Crippen LogP contribution in [0.1, 0.15) is 10.4 Å². The first kappa shape index (κ1) is 13.7. The average molecular weight is 308 g/mol. The maximum atomic E-state index is 13.1. The molecule has 4 nitrogen and oxygen atoms in total. The van der Waals surface area contributed by atoms with Crippen molar-refractivity contribution in [2.75, 3.05) is 18.5 Å². The molecule has 0 atom stereocenters. The standard InChI is InChI=1S/C15H11ClFNO3/c16-11-8-10(2-3-12(11)17)18-15(19)9-1-4-13-14(7-9)21-6-5-20-13/h1-4,7-8H,5-6H2,(H,18,19). The summed E-state index contributed by atoms with van der Waals surface area (Å²) < 4.78 is 23.9. The minimum Gasteiger partial charge on any atom is -0.486 e. The zero-order chi connectivity index (χ0) is 14.8. The number of hydrogen-bond donors (Lipinski definition) is 1. The van der Waals surface area contributed by atoms with Gasteiger partial charge in [-0.25, -0.2) is 4.39 Å². The molecule has 2 aromatic rings. The van der Waals surface area contributed by atoms with Gasteiger partial charge in [-0.1, -0.05) is 11.6 Å². The molecule has 0 fully saturated rings. The van der Waals surface area contributed by atoms with Crippen molar-refractivity contribution in [3.05, 3.63) is 52.8 Å². The first-order chi connectivity index (χ1) is 10.1. The molecule has 0 bridgehead atoms. The molecular weight excluding hydrogens is 297 g/mol. The van der Waals surface area contributed by atoms with Gasteiger partial charge in [0.1, 0.15) is 19.0 Å². The lowest BCUT2D eigenvalue weighted by molar-refractivity contribution is 0.102. The van der Waals surface area contributed by atoms with Crippen LogP contribution in [-0.4, -0.2) is 19.1 Å². The van der Waals surface area contributed by atoms with Crippen LogP contribution < -0.4 is 14.8 Å². The summed E-state index contributed by atoms with van der Waals surface area (Å²) in [5.41, 5.74) is 0.834. The van der Waals surface area contributed by atoms with E-state index in [0.29, 0.717) is 36.0 Å². The van der Waals surface area contributed by atoms with Gasteiger partial charge >= 0.3 is 0 Å². The molecule has 2 aromatic carbocycles. The normalized spacial score (nSPS) is 12.9. The molecular formula is C15H11ClFNO3. The van der Waals surface area contributed by atoms with E-state index in [4.69, 9.17) is 21.1 Å². The van der Waals surface area contributed by atoms with Crippen molar-refractivity contribution < 1.29 is 18.7 Å². The molecule has 0 saturated heterocycles. The minimum atomic E-state index is -0.533. The van der Waals surface area contributed by atoms with Crippen molar-refractivity contribution in [3.8, 4) is 11.5 Å². The fourth-order valence-corrected chi connectivity index (χ4v) is 2.14. The number of hydrogen-bond acceptors (Lipinski definition) is 3. The van der Waals surface area contributed by atoms with Crippen LogP contribution in [0, 0.1) is 5.82 Å². The Morgan fingerprint density at radius 3 is 2.62 bits per heavy atom. The second-order valence-corrected chi connectivity index (χ2v) is 4.85. The predicted molar refractivity (Wildman–Crippen MR) is 76.8 cm³/mol. The van der Waals surface area contributed by atoms with Crippen LogP contribution in [-0.2, 0) is 0 Å². The van der Waals surface area contributed by atoms with Crippen LogP contribution in [0.2, 0.25) is 5.02 Å². The van der Waals surface area contributed by atoms with E-state index >= 15 is 0 Å². The van der Waals surface area contributed by atoms with Crippen LogP contribution >= 0.6 is 11.6 Å². The average Bonchev–Trinajstić information content (AvgIpc) is 2.50. The van der Waals surface area contributed by atoms with Gasteiger partial charge in [-0.3, -0.25) is 4.79 Å². The third kappa shape index (κ3) is 2.92. The largest absolute Gasteiger partial charge is 0.486 e. The monoisotopic (exact) mass is 307 g/mol. The molecule has 3 rings (SSSR count). The van der Waals surface area contributed by atoms with Gasteiger partial charge in [0.05, 0.1) is 5.02 Å². The van der Waals surface area contributed by atoms with Crippen LogP contribution in [0.25, 0.3) is 0 Å². The summed E-state index contributed by atoms with van der Waals surface area (Å²) in [5.74, 6) is 0.275. The maximum Gasteiger partial charge on any atom is 0.255 e. The number of halogens is 2. The number of carbonyl (C=O) groups excluding carboxylic acids is 1. The number of amides is 1. The van der Waals surface area contributed by atoms with E-state index in [9.17, 15) is 9.18 Å². The Bertz CT molecular complexity index is 705. The Kier molecular flexibility index (Phi) is 3.66. The van der Waals surface area contributed by atoms with Crippen LogP contribution in [0.4, 0.5) is 10.1 Å². The first-order valence-corrected chi connectivity index (χ1v) is 6.67. The minimum absolute atomic E-state index is 0.0463. The fourth-order valence-electron chi connectivity index (χ4n) is 1.96. The molecule has 0 radical (unpaired) electrons. The van der Waals surface area contributed by atoms with Crippen molar-refractivity contribution >= 4 is 23.2 Å². The highest BCUT2D eigenvalue weighted by Crippen LogP contribution is 2.31. The van der Waals surface area contributed by atoms with Gasteiger partial charge in [-0.05, 0) is 36.4 Å². The molecule has 0 spiro atoms. The Morgan fingerprint density at radius 2 is 1.86 bits per heavy atom. The number of anilines is 1. The molecule has 1 aliphatic rings. The summed E-state index contributed by atoms with van der Waals surface area (Å²) in [6.07, 6.45) is 0. The Morgan fingerprint density at radius 1 is 1.10 bits per heavy atom. The lowest BCUT2D eigenvalue weighted by Gasteiger charge is -2.18. The van der Waals surface area contributed by atoms with Gasteiger partial charge in [-0.15, -0.1) is 0 Å². The zero-order valence-electron chi connectivity index (χ0n) is 10.9. The summed E-state index contributed by atoms with van der Waals surface area (Å²) in [7, 11) is 0. The summed E-state index contributed by atoms with van der Waals surface area (Å²) in [4.78, 5) is 12.2.